The van der Waals surface area contributed by atoms with Crippen LogP contribution in [0.2, 0.25) is 0 Å². The first kappa shape index (κ1) is 15.0. The van der Waals surface area contributed by atoms with Gasteiger partial charge in [-0.2, -0.15) is 0 Å². The highest BCUT2D eigenvalue weighted by atomic mass is 16.5. The van der Waals surface area contributed by atoms with Gasteiger partial charge in [-0.25, -0.2) is 0 Å². The first-order valence-corrected chi connectivity index (χ1v) is 6.79. The summed E-state index contributed by atoms with van der Waals surface area (Å²) in [6, 6.07) is 12.4. The molecule has 0 aliphatic rings. The van der Waals surface area contributed by atoms with E-state index in [0.29, 0.717) is 16.9 Å². The lowest BCUT2D eigenvalue weighted by molar-refractivity contribution is 0.0894. The van der Waals surface area contributed by atoms with Crippen LogP contribution in [0.4, 0.5) is 0 Å². The van der Waals surface area contributed by atoms with Crippen molar-refractivity contribution in [2.75, 3.05) is 7.11 Å². The highest BCUT2D eigenvalue weighted by Gasteiger charge is 2.15. The minimum Gasteiger partial charge on any atom is -0.497 e. The zero-order valence-corrected chi connectivity index (χ0v) is 12.5. The van der Waals surface area contributed by atoms with Crippen LogP contribution in [0.5, 0.6) is 5.75 Å². The number of Topliss-reactive ketones (excluding diaryl/α,β-unsaturated/α-hetero) is 2. The summed E-state index contributed by atoms with van der Waals surface area (Å²) in [6.45, 7) is 3.86. The van der Waals surface area contributed by atoms with E-state index in [0.717, 1.165) is 11.1 Å². The molecule has 3 nitrogen and oxygen atoms in total. The van der Waals surface area contributed by atoms with Crippen LogP contribution in [0.3, 0.4) is 0 Å². The molecule has 0 aliphatic carbocycles. The van der Waals surface area contributed by atoms with E-state index >= 15 is 0 Å². The first-order valence-electron chi connectivity index (χ1n) is 6.79. The third kappa shape index (κ3) is 3.57. The molecule has 0 bridgehead atoms. The van der Waals surface area contributed by atoms with Gasteiger partial charge < -0.3 is 4.74 Å². The van der Waals surface area contributed by atoms with Crippen LogP contribution >= 0.6 is 0 Å². The Morgan fingerprint density at radius 1 is 0.952 bits per heavy atom. The summed E-state index contributed by atoms with van der Waals surface area (Å²) in [5.74, 6) is 0.364. The number of ketones is 2. The highest BCUT2D eigenvalue weighted by Crippen LogP contribution is 2.16. The van der Waals surface area contributed by atoms with Crippen molar-refractivity contribution in [2.45, 2.75) is 20.3 Å². The van der Waals surface area contributed by atoms with Crippen LogP contribution in [0, 0.1) is 13.8 Å². The number of benzene rings is 2. The van der Waals surface area contributed by atoms with Crippen molar-refractivity contribution in [3.05, 3.63) is 64.7 Å². The maximum atomic E-state index is 12.2. The third-order valence-electron chi connectivity index (χ3n) is 3.42. The molecular formula is C18H18O3. The maximum absolute atomic E-state index is 12.2. The van der Waals surface area contributed by atoms with Gasteiger partial charge in [0.2, 0.25) is 0 Å². The topological polar surface area (TPSA) is 43.4 Å². The van der Waals surface area contributed by atoms with Crippen LogP contribution in [0.1, 0.15) is 38.3 Å². The standard InChI is InChI=1S/C18H18O3/c1-12-4-9-16(13(2)10-12)18(20)11-17(19)14-5-7-15(21-3)8-6-14/h4-10H,11H2,1-3H3. The van der Waals surface area contributed by atoms with Gasteiger partial charge in [-0.3, -0.25) is 9.59 Å². The van der Waals surface area contributed by atoms with Crippen LogP contribution in [0.25, 0.3) is 0 Å². The molecular weight excluding hydrogens is 264 g/mol. The molecule has 0 atom stereocenters. The number of methoxy groups -OCH3 is 1. The molecule has 0 fully saturated rings. The average molecular weight is 282 g/mol. The van der Waals surface area contributed by atoms with E-state index in [2.05, 4.69) is 0 Å². The monoisotopic (exact) mass is 282 g/mol. The second-order valence-corrected chi connectivity index (χ2v) is 5.07. The zero-order chi connectivity index (χ0) is 15.4. The lowest BCUT2D eigenvalue weighted by Gasteiger charge is -2.06. The molecule has 3 heteroatoms. The Morgan fingerprint density at radius 3 is 2.19 bits per heavy atom. The van der Waals surface area contributed by atoms with Crippen molar-refractivity contribution in [3.63, 3.8) is 0 Å². The predicted molar refractivity (Wildman–Crippen MR) is 82.2 cm³/mol. The summed E-state index contributed by atoms with van der Waals surface area (Å²) in [5, 5.41) is 0. The first-order chi connectivity index (χ1) is 10.0. The lowest BCUT2D eigenvalue weighted by atomic mass is 9.97. The van der Waals surface area contributed by atoms with Crippen molar-refractivity contribution in [1.29, 1.82) is 0 Å². The van der Waals surface area contributed by atoms with E-state index in [-0.39, 0.29) is 18.0 Å². The molecule has 0 aliphatic heterocycles. The van der Waals surface area contributed by atoms with Gasteiger partial charge in [0.1, 0.15) is 5.75 Å². The number of hydrogen-bond acceptors (Lipinski definition) is 3. The Hall–Kier alpha value is -2.42. The zero-order valence-electron chi connectivity index (χ0n) is 12.5. The molecule has 0 spiro atoms. The summed E-state index contributed by atoms with van der Waals surface area (Å²) in [6.07, 6.45) is -0.115. The fourth-order valence-corrected chi connectivity index (χ4v) is 2.25. The molecule has 0 radical (unpaired) electrons. The summed E-state index contributed by atoms with van der Waals surface area (Å²) in [4.78, 5) is 24.4. The van der Waals surface area contributed by atoms with Crippen LogP contribution in [-0.2, 0) is 0 Å². The van der Waals surface area contributed by atoms with E-state index in [1.54, 1.807) is 37.4 Å². The number of carbonyl (C=O) groups excluding carboxylic acids is 2. The van der Waals surface area contributed by atoms with E-state index in [9.17, 15) is 9.59 Å². The number of aryl methyl sites for hydroxylation is 2. The maximum Gasteiger partial charge on any atom is 0.170 e. The number of carbonyl (C=O) groups is 2. The smallest absolute Gasteiger partial charge is 0.170 e. The molecule has 0 saturated heterocycles. The Balaban J connectivity index is 2.12. The fourth-order valence-electron chi connectivity index (χ4n) is 2.25. The molecule has 0 heterocycles. The molecule has 21 heavy (non-hydrogen) atoms. The third-order valence-corrected chi connectivity index (χ3v) is 3.42. The summed E-state index contributed by atoms with van der Waals surface area (Å²) >= 11 is 0. The highest BCUT2D eigenvalue weighted by molar-refractivity contribution is 6.14. The normalized spacial score (nSPS) is 10.2. The minimum atomic E-state index is -0.178. The van der Waals surface area contributed by atoms with Gasteiger partial charge in [0.25, 0.3) is 0 Å². The number of ether oxygens (including phenoxy) is 1. The van der Waals surface area contributed by atoms with Crippen molar-refractivity contribution < 1.29 is 14.3 Å². The van der Waals surface area contributed by atoms with Crippen molar-refractivity contribution in [1.82, 2.24) is 0 Å². The number of hydrogen-bond donors (Lipinski definition) is 0. The van der Waals surface area contributed by atoms with E-state index in [4.69, 9.17) is 4.74 Å². The molecule has 0 saturated carbocycles. The summed E-state index contributed by atoms with van der Waals surface area (Å²) in [5.41, 5.74) is 3.14. The van der Waals surface area contributed by atoms with Crippen molar-refractivity contribution in [3.8, 4) is 5.75 Å². The summed E-state index contributed by atoms with van der Waals surface area (Å²) in [7, 11) is 1.57. The van der Waals surface area contributed by atoms with Crippen molar-refractivity contribution in [2.24, 2.45) is 0 Å². The summed E-state index contributed by atoms with van der Waals surface area (Å²) < 4.78 is 5.05. The number of rotatable bonds is 5. The van der Waals surface area contributed by atoms with Crippen LogP contribution in [0.15, 0.2) is 42.5 Å². The van der Waals surface area contributed by atoms with Gasteiger partial charge in [-0.1, -0.05) is 23.8 Å². The van der Waals surface area contributed by atoms with Gasteiger partial charge in [0.05, 0.1) is 13.5 Å². The average Bonchev–Trinajstić information content (AvgIpc) is 2.47. The van der Waals surface area contributed by atoms with E-state index in [1.807, 2.05) is 26.0 Å². The quantitative estimate of drug-likeness (QED) is 0.619. The van der Waals surface area contributed by atoms with Gasteiger partial charge in [-0.05, 0) is 43.7 Å². The second-order valence-electron chi connectivity index (χ2n) is 5.07. The molecule has 2 aromatic carbocycles. The molecule has 2 rings (SSSR count). The molecule has 0 unspecified atom stereocenters. The minimum absolute atomic E-state index is 0.115. The molecule has 0 aromatic heterocycles. The second kappa shape index (κ2) is 6.35. The molecule has 108 valence electrons. The van der Waals surface area contributed by atoms with Crippen molar-refractivity contribution >= 4 is 11.6 Å². The van der Waals surface area contributed by atoms with Crippen LogP contribution < -0.4 is 4.74 Å². The Morgan fingerprint density at radius 2 is 1.62 bits per heavy atom. The van der Waals surface area contributed by atoms with E-state index in [1.165, 1.54) is 0 Å². The van der Waals surface area contributed by atoms with Gasteiger partial charge >= 0.3 is 0 Å². The Bertz CT molecular complexity index is 669. The van der Waals surface area contributed by atoms with Gasteiger partial charge in [-0.15, -0.1) is 0 Å². The SMILES string of the molecule is COc1ccc(C(=O)CC(=O)c2ccc(C)cc2C)cc1. The van der Waals surface area contributed by atoms with E-state index < -0.39 is 0 Å². The Labute approximate surface area is 124 Å². The van der Waals surface area contributed by atoms with Gasteiger partial charge in [0, 0.05) is 11.1 Å². The van der Waals surface area contributed by atoms with Crippen LogP contribution in [-0.4, -0.2) is 18.7 Å². The fraction of sp³-hybridized carbons (Fsp3) is 0.222. The predicted octanol–water partition coefficient (Wildman–Crippen LogP) is 3.77. The molecule has 0 amide bonds. The van der Waals surface area contributed by atoms with Gasteiger partial charge in [0.15, 0.2) is 11.6 Å². The molecule has 2 aromatic rings. The lowest BCUT2D eigenvalue weighted by Crippen LogP contribution is -2.10. The Kier molecular flexibility index (Phi) is 4.53. The molecule has 0 N–H and O–H groups in total. The largest absolute Gasteiger partial charge is 0.497 e.